The van der Waals surface area contributed by atoms with Crippen molar-refractivity contribution in [1.82, 2.24) is 0 Å². The molecule has 0 aliphatic heterocycles. The zero-order chi connectivity index (χ0) is 8.79. The molecule has 13 heavy (non-hydrogen) atoms. The SMILES string of the molecule is BrC1(Br)[C@@H]2[C@H]1[C@H]1C=CC3C=C[C@H]2C31. The minimum absolute atomic E-state index is 0.278. The number of hydrogen-bond donors (Lipinski definition) is 0. The van der Waals surface area contributed by atoms with Crippen molar-refractivity contribution in [1.29, 1.82) is 0 Å². The predicted octanol–water partition coefficient (Wildman–Crippen LogP) is 3.34. The summed E-state index contributed by atoms with van der Waals surface area (Å²) in [6, 6.07) is 0. The smallest absolute Gasteiger partial charge is 0.0841 e. The Morgan fingerprint density at radius 1 is 0.846 bits per heavy atom. The van der Waals surface area contributed by atoms with Crippen molar-refractivity contribution in [2.75, 3.05) is 0 Å². The quantitative estimate of drug-likeness (QED) is 0.475. The van der Waals surface area contributed by atoms with E-state index in [-0.39, 0.29) is 3.23 Å². The third kappa shape index (κ3) is 0.687. The highest BCUT2D eigenvalue weighted by Crippen LogP contribution is 2.78. The lowest BCUT2D eigenvalue weighted by Crippen LogP contribution is -2.20. The van der Waals surface area contributed by atoms with Gasteiger partial charge in [-0.3, -0.25) is 0 Å². The van der Waals surface area contributed by atoms with Crippen LogP contribution in [0.25, 0.3) is 0 Å². The summed E-state index contributed by atoms with van der Waals surface area (Å²) in [5.74, 6) is 5.10. The first-order chi connectivity index (χ1) is 6.21. The molecule has 0 radical (unpaired) electrons. The topological polar surface area (TPSA) is 0 Å². The van der Waals surface area contributed by atoms with Gasteiger partial charge in [0, 0.05) is 0 Å². The normalized spacial score (nSPS) is 62.6. The van der Waals surface area contributed by atoms with Crippen LogP contribution in [0, 0.1) is 35.5 Å². The molecule has 0 bridgehead atoms. The van der Waals surface area contributed by atoms with E-state index in [9.17, 15) is 0 Å². The van der Waals surface area contributed by atoms with Gasteiger partial charge >= 0.3 is 0 Å². The largest absolute Gasteiger partial charge is 0.0880 e. The van der Waals surface area contributed by atoms with Gasteiger partial charge in [-0.1, -0.05) is 56.2 Å². The van der Waals surface area contributed by atoms with Gasteiger partial charge in [0.1, 0.15) is 0 Å². The molecule has 0 aromatic rings. The summed E-state index contributed by atoms with van der Waals surface area (Å²) in [7, 11) is 0. The summed E-state index contributed by atoms with van der Waals surface area (Å²) >= 11 is 7.63. The molecule has 6 atom stereocenters. The lowest BCUT2D eigenvalue weighted by atomic mass is 9.85. The van der Waals surface area contributed by atoms with E-state index >= 15 is 0 Å². The van der Waals surface area contributed by atoms with Gasteiger partial charge in [0.05, 0.1) is 3.23 Å². The fraction of sp³-hybridized carbons (Fsp3) is 0.636. The molecule has 2 fully saturated rings. The lowest BCUT2D eigenvalue weighted by molar-refractivity contribution is 0.342. The van der Waals surface area contributed by atoms with Gasteiger partial charge in [-0.05, 0) is 35.5 Å². The highest BCUT2D eigenvalue weighted by atomic mass is 79.9. The van der Waals surface area contributed by atoms with Crippen molar-refractivity contribution in [2.45, 2.75) is 3.23 Å². The molecule has 4 rings (SSSR count). The molecule has 0 nitrogen and oxygen atoms in total. The third-order valence-corrected chi connectivity index (χ3v) is 6.56. The third-order valence-electron chi connectivity index (χ3n) is 4.44. The molecule has 2 unspecified atom stereocenters. The Hall–Kier alpha value is 0.440. The van der Waals surface area contributed by atoms with Crippen molar-refractivity contribution in [3.63, 3.8) is 0 Å². The van der Waals surface area contributed by atoms with Crippen molar-refractivity contribution >= 4 is 31.9 Å². The molecular formula is C11H10Br2. The van der Waals surface area contributed by atoms with Crippen LogP contribution in [0.4, 0.5) is 0 Å². The summed E-state index contributed by atoms with van der Waals surface area (Å²) < 4.78 is 0.278. The number of rotatable bonds is 0. The van der Waals surface area contributed by atoms with Gasteiger partial charge in [-0.2, -0.15) is 0 Å². The highest BCUT2D eigenvalue weighted by molar-refractivity contribution is 9.25. The van der Waals surface area contributed by atoms with E-state index in [0.29, 0.717) is 0 Å². The van der Waals surface area contributed by atoms with E-state index in [4.69, 9.17) is 0 Å². The highest BCUT2D eigenvalue weighted by Gasteiger charge is 2.75. The molecule has 0 spiro atoms. The summed E-state index contributed by atoms with van der Waals surface area (Å²) in [5, 5.41) is 0. The Morgan fingerprint density at radius 3 is 1.92 bits per heavy atom. The van der Waals surface area contributed by atoms with Crippen LogP contribution < -0.4 is 0 Å². The standard InChI is InChI=1S/C11H10Br2/c12-11(13)9-6-3-1-5-2-4-7(8(5)6)10(9)11/h1-10H/t5?,6-,7-,8?,9-,10+/m0/s1. The van der Waals surface area contributed by atoms with Crippen LogP contribution in [0.1, 0.15) is 0 Å². The Morgan fingerprint density at radius 2 is 1.38 bits per heavy atom. The second-order valence-electron chi connectivity index (χ2n) is 4.81. The molecular weight excluding hydrogens is 292 g/mol. The predicted molar refractivity (Wildman–Crippen MR) is 59.8 cm³/mol. The molecule has 0 N–H and O–H groups in total. The van der Waals surface area contributed by atoms with Gasteiger partial charge in [-0.25, -0.2) is 0 Å². The van der Waals surface area contributed by atoms with E-state index in [0.717, 1.165) is 35.5 Å². The molecule has 4 aliphatic rings. The molecule has 0 aromatic heterocycles. The number of fused-ring (bicyclic) bond motifs is 3. The average Bonchev–Trinajstić information content (AvgIpc) is 2.56. The van der Waals surface area contributed by atoms with Gasteiger partial charge in [0.25, 0.3) is 0 Å². The van der Waals surface area contributed by atoms with E-state index in [1.54, 1.807) is 0 Å². The van der Waals surface area contributed by atoms with E-state index < -0.39 is 0 Å². The zero-order valence-electron chi connectivity index (χ0n) is 7.03. The van der Waals surface area contributed by atoms with Gasteiger partial charge < -0.3 is 0 Å². The molecule has 4 aliphatic carbocycles. The fourth-order valence-electron chi connectivity index (χ4n) is 3.95. The maximum absolute atomic E-state index is 3.81. The summed E-state index contributed by atoms with van der Waals surface area (Å²) in [6.07, 6.45) is 9.74. The van der Waals surface area contributed by atoms with Crippen molar-refractivity contribution in [2.24, 2.45) is 35.5 Å². The summed E-state index contributed by atoms with van der Waals surface area (Å²) in [5.41, 5.74) is 0. The zero-order valence-corrected chi connectivity index (χ0v) is 10.2. The minimum atomic E-state index is 0.278. The Balaban J connectivity index is 1.85. The van der Waals surface area contributed by atoms with Crippen molar-refractivity contribution in [3.8, 4) is 0 Å². The fourth-order valence-corrected chi connectivity index (χ4v) is 6.04. The van der Waals surface area contributed by atoms with Crippen LogP contribution in [-0.4, -0.2) is 3.23 Å². The Kier molecular flexibility index (Phi) is 1.19. The average molecular weight is 302 g/mol. The number of alkyl halides is 2. The number of halogens is 2. The van der Waals surface area contributed by atoms with Crippen LogP contribution in [-0.2, 0) is 0 Å². The molecule has 0 heterocycles. The van der Waals surface area contributed by atoms with Crippen LogP contribution in [0.2, 0.25) is 0 Å². The summed E-state index contributed by atoms with van der Waals surface area (Å²) in [4.78, 5) is 0. The molecule has 0 amide bonds. The first-order valence-corrected chi connectivity index (χ1v) is 6.54. The monoisotopic (exact) mass is 300 g/mol. The number of allylic oxidation sites excluding steroid dienone is 4. The Labute approximate surface area is 94.7 Å². The van der Waals surface area contributed by atoms with Gasteiger partial charge in [0.15, 0.2) is 0 Å². The molecule has 0 aromatic carbocycles. The first kappa shape index (κ1) is 7.70. The van der Waals surface area contributed by atoms with Crippen LogP contribution in [0.3, 0.4) is 0 Å². The van der Waals surface area contributed by atoms with Gasteiger partial charge in [-0.15, -0.1) is 0 Å². The second kappa shape index (κ2) is 2.01. The molecule has 68 valence electrons. The van der Waals surface area contributed by atoms with Crippen LogP contribution in [0.15, 0.2) is 24.3 Å². The van der Waals surface area contributed by atoms with Gasteiger partial charge in [0.2, 0.25) is 0 Å². The molecule has 0 saturated heterocycles. The second-order valence-corrected chi connectivity index (χ2v) is 8.49. The van der Waals surface area contributed by atoms with E-state index in [2.05, 4.69) is 56.2 Å². The van der Waals surface area contributed by atoms with Crippen molar-refractivity contribution < 1.29 is 0 Å². The van der Waals surface area contributed by atoms with E-state index in [1.165, 1.54) is 0 Å². The molecule has 2 saturated carbocycles. The maximum atomic E-state index is 3.81. The Bertz CT molecular complexity index is 312. The van der Waals surface area contributed by atoms with Crippen LogP contribution >= 0.6 is 31.9 Å². The van der Waals surface area contributed by atoms with Crippen LogP contribution in [0.5, 0.6) is 0 Å². The lowest BCUT2D eigenvalue weighted by Gasteiger charge is -2.22. The first-order valence-electron chi connectivity index (χ1n) is 4.96. The number of hydrogen-bond acceptors (Lipinski definition) is 0. The van der Waals surface area contributed by atoms with E-state index in [1.807, 2.05) is 0 Å². The minimum Gasteiger partial charge on any atom is -0.0841 e. The van der Waals surface area contributed by atoms with Crippen molar-refractivity contribution in [3.05, 3.63) is 24.3 Å². The summed E-state index contributed by atoms with van der Waals surface area (Å²) in [6.45, 7) is 0. The maximum Gasteiger partial charge on any atom is 0.0880 e. The molecule has 2 heteroatoms.